The topological polar surface area (TPSA) is 37.3 Å². The van der Waals surface area contributed by atoms with Crippen LogP contribution in [0.2, 0.25) is 0 Å². The third-order valence-electron chi connectivity index (χ3n) is 2.14. The average Bonchev–Trinajstić information content (AvgIpc) is 2.04. The summed E-state index contributed by atoms with van der Waals surface area (Å²) < 4.78 is 12.4. The second kappa shape index (κ2) is 3.56. The first-order valence-corrected chi connectivity index (χ1v) is 3.96. The fourth-order valence-corrected chi connectivity index (χ4v) is 1.36. The molecule has 0 unspecified atom stereocenters. The molecule has 0 spiro atoms. The van der Waals surface area contributed by atoms with Crippen LogP contribution in [-0.4, -0.2) is 11.1 Å². The maximum absolute atomic E-state index is 12.4. The lowest BCUT2D eigenvalue weighted by Gasteiger charge is -2.08. The molecule has 0 heterocycles. The Morgan fingerprint density at radius 2 is 2.08 bits per heavy atom. The van der Waals surface area contributed by atoms with E-state index < -0.39 is 12.6 Å². The van der Waals surface area contributed by atoms with E-state index in [1.54, 1.807) is 26.0 Å². The lowest BCUT2D eigenvalue weighted by Crippen LogP contribution is -2.05. The van der Waals surface area contributed by atoms with Crippen molar-refractivity contribution in [3.05, 3.63) is 34.4 Å². The second-order valence-corrected chi connectivity index (χ2v) is 2.98. The molecule has 70 valence electrons. The van der Waals surface area contributed by atoms with Gasteiger partial charge in [0.15, 0.2) is 0 Å². The molecule has 1 rings (SSSR count). The molecule has 0 aliphatic rings. The highest BCUT2D eigenvalue weighted by Crippen LogP contribution is 2.18. The lowest BCUT2D eigenvalue weighted by molar-refractivity contribution is 0.0695. The van der Waals surface area contributed by atoms with Crippen LogP contribution in [0, 0.1) is 13.8 Å². The molecular formula is C10H11FO2. The van der Waals surface area contributed by atoms with E-state index in [1.807, 2.05) is 0 Å². The third-order valence-corrected chi connectivity index (χ3v) is 2.14. The van der Waals surface area contributed by atoms with Gasteiger partial charge in [-0.3, -0.25) is 0 Å². The Morgan fingerprint density at radius 1 is 1.46 bits per heavy atom. The first-order valence-electron chi connectivity index (χ1n) is 3.96. The van der Waals surface area contributed by atoms with Crippen LogP contribution in [0.5, 0.6) is 0 Å². The molecule has 0 bridgehead atoms. The summed E-state index contributed by atoms with van der Waals surface area (Å²) >= 11 is 0. The third kappa shape index (κ3) is 1.69. The van der Waals surface area contributed by atoms with Crippen molar-refractivity contribution in [3.63, 3.8) is 0 Å². The molecule has 0 amide bonds. The van der Waals surface area contributed by atoms with E-state index in [2.05, 4.69) is 0 Å². The minimum Gasteiger partial charge on any atom is -0.478 e. The number of alkyl halides is 1. The average molecular weight is 182 g/mol. The number of rotatable bonds is 2. The molecule has 0 aromatic heterocycles. The Kier molecular flexibility index (Phi) is 2.66. The summed E-state index contributed by atoms with van der Waals surface area (Å²) in [6.07, 6.45) is 0. The van der Waals surface area contributed by atoms with E-state index in [0.717, 1.165) is 0 Å². The van der Waals surface area contributed by atoms with Crippen molar-refractivity contribution in [2.75, 3.05) is 0 Å². The SMILES string of the molecule is Cc1ccc(CF)c(C)c1C(=O)O. The van der Waals surface area contributed by atoms with Gasteiger partial charge >= 0.3 is 5.97 Å². The second-order valence-electron chi connectivity index (χ2n) is 2.98. The Hall–Kier alpha value is -1.38. The van der Waals surface area contributed by atoms with E-state index in [4.69, 9.17) is 5.11 Å². The van der Waals surface area contributed by atoms with Crippen LogP contribution >= 0.6 is 0 Å². The fourth-order valence-electron chi connectivity index (χ4n) is 1.36. The minimum absolute atomic E-state index is 0.218. The number of carbonyl (C=O) groups is 1. The van der Waals surface area contributed by atoms with E-state index in [1.165, 1.54) is 0 Å². The van der Waals surface area contributed by atoms with Crippen molar-refractivity contribution in [1.82, 2.24) is 0 Å². The molecule has 1 aromatic carbocycles. The summed E-state index contributed by atoms with van der Waals surface area (Å²) in [5, 5.41) is 8.84. The first-order chi connectivity index (χ1) is 6.07. The Bertz CT molecular complexity index is 345. The summed E-state index contributed by atoms with van der Waals surface area (Å²) in [6.45, 7) is 2.72. The highest BCUT2D eigenvalue weighted by Gasteiger charge is 2.12. The number of carboxylic acids is 1. The summed E-state index contributed by atoms with van der Waals surface area (Å²) in [7, 11) is 0. The maximum atomic E-state index is 12.4. The van der Waals surface area contributed by atoms with Gasteiger partial charge < -0.3 is 5.11 Å². The molecule has 3 heteroatoms. The fraction of sp³-hybridized carbons (Fsp3) is 0.300. The van der Waals surface area contributed by atoms with Crippen LogP contribution in [0.1, 0.15) is 27.0 Å². The Morgan fingerprint density at radius 3 is 2.54 bits per heavy atom. The summed E-state index contributed by atoms with van der Waals surface area (Å²) in [4.78, 5) is 10.8. The van der Waals surface area contributed by atoms with Crippen LogP contribution in [-0.2, 0) is 6.67 Å². The molecule has 2 nitrogen and oxygen atoms in total. The predicted octanol–water partition coefficient (Wildman–Crippen LogP) is 2.47. The summed E-state index contributed by atoms with van der Waals surface area (Å²) in [5.74, 6) is -0.995. The largest absolute Gasteiger partial charge is 0.478 e. The summed E-state index contributed by atoms with van der Waals surface area (Å²) in [5.41, 5.74) is 1.86. The highest BCUT2D eigenvalue weighted by atomic mass is 19.1. The van der Waals surface area contributed by atoms with Gasteiger partial charge in [-0.25, -0.2) is 9.18 Å². The predicted molar refractivity (Wildman–Crippen MR) is 47.7 cm³/mol. The van der Waals surface area contributed by atoms with Gasteiger partial charge in [0.2, 0.25) is 0 Å². The molecule has 1 aromatic rings. The van der Waals surface area contributed by atoms with Crippen molar-refractivity contribution >= 4 is 5.97 Å². The van der Waals surface area contributed by atoms with Crippen molar-refractivity contribution in [2.45, 2.75) is 20.5 Å². The molecule has 0 saturated carbocycles. The number of aryl methyl sites for hydroxylation is 1. The highest BCUT2D eigenvalue weighted by molar-refractivity contribution is 5.91. The van der Waals surface area contributed by atoms with Crippen LogP contribution in [0.3, 0.4) is 0 Å². The van der Waals surface area contributed by atoms with Gasteiger partial charge in [-0.2, -0.15) is 0 Å². The number of halogens is 1. The number of hydrogen-bond acceptors (Lipinski definition) is 1. The van der Waals surface area contributed by atoms with E-state index in [9.17, 15) is 9.18 Å². The molecular weight excluding hydrogens is 171 g/mol. The molecule has 1 N–H and O–H groups in total. The zero-order valence-electron chi connectivity index (χ0n) is 7.60. The van der Waals surface area contributed by atoms with Crippen molar-refractivity contribution in [3.8, 4) is 0 Å². The van der Waals surface area contributed by atoms with Crippen LogP contribution < -0.4 is 0 Å². The Balaban J connectivity index is 3.38. The van der Waals surface area contributed by atoms with Gasteiger partial charge in [-0.05, 0) is 30.5 Å². The maximum Gasteiger partial charge on any atom is 0.336 e. The van der Waals surface area contributed by atoms with Crippen molar-refractivity contribution in [2.24, 2.45) is 0 Å². The van der Waals surface area contributed by atoms with Crippen molar-refractivity contribution < 1.29 is 14.3 Å². The summed E-state index contributed by atoms with van der Waals surface area (Å²) in [6, 6.07) is 3.25. The van der Waals surface area contributed by atoms with E-state index in [0.29, 0.717) is 16.7 Å². The number of aromatic carboxylic acids is 1. The molecule has 0 fully saturated rings. The van der Waals surface area contributed by atoms with Gasteiger partial charge in [0, 0.05) is 0 Å². The standard InChI is InChI=1S/C10H11FO2/c1-6-3-4-8(5-11)7(2)9(6)10(12)13/h3-4H,5H2,1-2H3,(H,12,13). The van der Waals surface area contributed by atoms with E-state index >= 15 is 0 Å². The zero-order chi connectivity index (χ0) is 10.0. The van der Waals surface area contributed by atoms with Crippen LogP contribution in [0.15, 0.2) is 12.1 Å². The number of benzene rings is 1. The molecule has 0 atom stereocenters. The molecule has 13 heavy (non-hydrogen) atoms. The van der Waals surface area contributed by atoms with Gasteiger partial charge in [0.05, 0.1) is 5.56 Å². The molecule has 0 radical (unpaired) electrons. The monoisotopic (exact) mass is 182 g/mol. The van der Waals surface area contributed by atoms with Gasteiger partial charge in [-0.15, -0.1) is 0 Å². The van der Waals surface area contributed by atoms with Gasteiger partial charge in [-0.1, -0.05) is 12.1 Å². The number of hydrogen-bond donors (Lipinski definition) is 1. The van der Waals surface area contributed by atoms with Crippen molar-refractivity contribution in [1.29, 1.82) is 0 Å². The number of carboxylic acid groups (broad SMARTS) is 1. The van der Waals surface area contributed by atoms with Crippen LogP contribution in [0.25, 0.3) is 0 Å². The quantitative estimate of drug-likeness (QED) is 0.762. The van der Waals surface area contributed by atoms with Crippen LogP contribution in [0.4, 0.5) is 4.39 Å². The van der Waals surface area contributed by atoms with Gasteiger partial charge in [0.1, 0.15) is 6.67 Å². The first kappa shape index (κ1) is 9.71. The molecule has 0 saturated heterocycles. The van der Waals surface area contributed by atoms with Gasteiger partial charge in [0.25, 0.3) is 0 Å². The Labute approximate surface area is 76.0 Å². The molecule has 0 aliphatic heterocycles. The minimum atomic E-state index is -0.995. The van der Waals surface area contributed by atoms with E-state index in [-0.39, 0.29) is 5.56 Å². The lowest BCUT2D eigenvalue weighted by atomic mass is 9.98. The zero-order valence-corrected chi connectivity index (χ0v) is 7.60. The molecule has 0 aliphatic carbocycles. The normalized spacial score (nSPS) is 10.1. The smallest absolute Gasteiger partial charge is 0.336 e.